The number of fused-ring (bicyclic) bond motifs is 1. The topological polar surface area (TPSA) is 61.7 Å². The third-order valence-corrected chi connectivity index (χ3v) is 3.41. The van der Waals surface area contributed by atoms with Gasteiger partial charge < -0.3 is 5.11 Å². The molecule has 0 aliphatic carbocycles. The number of benzene rings is 3. The minimum atomic E-state index is -0.457. The lowest BCUT2D eigenvalue weighted by Gasteiger charge is -2.04. The Morgan fingerprint density at radius 1 is 1.04 bits per heavy atom. The highest BCUT2D eigenvalue weighted by molar-refractivity contribution is 5.98. The Morgan fingerprint density at radius 3 is 2.57 bits per heavy atom. The van der Waals surface area contributed by atoms with Crippen LogP contribution in [-0.2, 0) is 0 Å². The van der Waals surface area contributed by atoms with Gasteiger partial charge in [-0.05, 0) is 35.7 Å². The first-order chi connectivity index (χ1) is 11.1. The lowest BCUT2D eigenvalue weighted by atomic mass is 10.1. The van der Waals surface area contributed by atoms with Gasteiger partial charge in [0.1, 0.15) is 11.6 Å². The molecule has 2 N–H and O–H groups in total. The van der Waals surface area contributed by atoms with Crippen LogP contribution in [0.3, 0.4) is 0 Å². The summed E-state index contributed by atoms with van der Waals surface area (Å²) in [6.07, 6.45) is 1.36. The highest BCUT2D eigenvalue weighted by Crippen LogP contribution is 2.27. The summed E-state index contributed by atoms with van der Waals surface area (Å²) in [7, 11) is 0. The van der Waals surface area contributed by atoms with Crippen molar-refractivity contribution in [2.45, 2.75) is 0 Å². The first kappa shape index (κ1) is 14.7. The quantitative estimate of drug-likeness (QED) is 0.575. The number of carbonyl (C=O) groups excluding carboxylic acids is 1. The van der Waals surface area contributed by atoms with E-state index in [2.05, 4.69) is 10.5 Å². The molecular weight excluding hydrogens is 295 g/mol. The molecule has 3 aromatic rings. The van der Waals surface area contributed by atoms with Crippen molar-refractivity contribution < 1.29 is 14.3 Å². The van der Waals surface area contributed by atoms with Crippen LogP contribution in [0.2, 0.25) is 0 Å². The van der Waals surface area contributed by atoms with Gasteiger partial charge in [0.2, 0.25) is 0 Å². The van der Waals surface area contributed by atoms with E-state index >= 15 is 0 Å². The average Bonchev–Trinajstić information content (AvgIpc) is 2.57. The number of amides is 1. The molecule has 23 heavy (non-hydrogen) atoms. The number of rotatable bonds is 3. The van der Waals surface area contributed by atoms with Crippen LogP contribution in [0.4, 0.5) is 4.39 Å². The van der Waals surface area contributed by atoms with E-state index in [1.807, 2.05) is 24.3 Å². The average molecular weight is 308 g/mol. The first-order valence-electron chi connectivity index (χ1n) is 6.95. The van der Waals surface area contributed by atoms with Crippen molar-refractivity contribution in [3.8, 4) is 5.75 Å². The number of carbonyl (C=O) groups is 1. The summed E-state index contributed by atoms with van der Waals surface area (Å²) in [5.74, 6) is -0.768. The molecular formula is C18H13FN2O2. The maximum atomic E-state index is 12.8. The molecule has 114 valence electrons. The molecule has 0 spiro atoms. The van der Waals surface area contributed by atoms with E-state index in [-0.39, 0.29) is 5.75 Å². The molecule has 0 unspecified atom stereocenters. The van der Waals surface area contributed by atoms with Crippen molar-refractivity contribution in [2.75, 3.05) is 0 Å². The maximum Gasteiger partial charge on any atom is 0.271 e. The monoisotopic (exact) mass is 308 g/mol. The third kappa shape index (κ3) is 3.18. The van der Waals surface area contributed by atoms with Crippen LogP contribution in [0.15, 0.2) is 65.8 Å². The molecule has 0 bridgehead atoms. The fraction of sp³-hybridized carbons (Fsp3) is 0. The second-order valence-corrected chi connectivity index (χ2v) is 4.93. The fourth-order valence-electron chi connectivity index (χ4n) is 2.20. The number of hydrazone groups is 1. The largest absolute Gasteiger partial charge is 0.507 e. The molecule has 0 saturated carbocycles. The minimum Gasteiger partial charge on any atom is -0.507 e. The van der Waals surface area contributed by atoms with Gasteiger partial charge in [-0.2, -0.15) is 5.10 Å². The van der Waals surface area contributed by atoms with Crippen LogP contribution in [0.5, 0.6) is 5.75 Å². The van der Waals surface area contributed by atoms with E-state index in [4.69, 9.17) is 0 Å². The van der Waals surface area contributed by atoms with Crippen molar-refractivity contribution in [1.29, 1.82) is 0 Å². The highest BCUT2D eigenvalue weighted by Gasteiger charge is 2.05. The van der Waals surface area contributed by atoms with Gasteiger partial charge in [-0.15, -0.1) is 0 Å². The molecule has 0 aliphatic rings. The molecule has 4 nitrogen and oxygen atoms in total. The number of nitrogens with one attached hydrogen (secondary N) is 1. The van der Waals surface area contributed by atoms with Crippen molar-refractivity contribution >= 4 is 22.9 Å². The Morgan fingerprint density at radius 2 is 1.78 bits per heavy atom. The molecule has 1 amide bonds. The summed E-state index contributed by atoms with van der Waals surface area (Å²) in [6, 6.07) is 16.1. The van der Waals surface area contributed by atoms with Crippen LogP contribution >= 0.6 is 0 Å². The summed E-state index contributed by atoms with van der Waals surface area (Å²) in [6.45, 7) is 0. The van der Waals surface area contributed by atoms with E-state index in [9.17, 15) is 14.3 Å². The molecule has 0 atom stereocenters. The zero-order chi connectivity index (χ0) is 16.2. The molecule has 0 fully saturated rings. The van der Waals surface area contributed by atoms with Crippen LogP contribution < -0.4 is 5.43 Å². The van der Waals surface area contributed by atoms with E-state index in [1.165, 1.54) is 30.5 Å². The normalized spacial score (nSPS) is 11.0. The zero-order valence-electron chi connectivity index (χ0n) is 12.0. The number of halogens is 1. The van der Waals surface area contributed by atoms with Gasteiger partial charge in [0.05, 0.1) is 6.21 Å². The number of nitrogens with zero attached hydrogens (tertiary/aromatic N) is 1. The van der Waals surface area contributed by atoms with E-state index in [0.717, 1.165) is 5.39 Å². The summed E-state index contributed by atoms with van der Waals surface area (Å²) in [4.78, 5) is 11.8. The molecule has 0 heterocycles. The van der Waals surface area contributed by atoms with Crippen LogP contribution in [0.1, 0.15) is 15.9 Å². The summed E-state index contributed by atoms with van der Waals surface area (Å²) in [5.41, 5.74) is 3.13. The molecule has 0 aromatic heterocycles. The van der Waals surface area contributed by atoms with Gasteiger partial charge in [-0.25, -0.2) is 9.82 Å². The molecule has 3 rings (SSSR count). The molecule has 0 saturated heterocycles. The van der Waals surface area contributed by atoms with E-state index in [0.29, 0.717) is 16.5 Å². The SMILES string of the molecule is O=C(N/N=C/c1ccc2ccccc2c1O)c1ccc(F)cc1. The lowest BCUT2D eigenvalue weighted by molar-refractivity contribution is 0.0955. The molecule has 5 heteroatoms. The zero-order valence-corrected chi connectivity index (χ0v) is 12.0. The van der Waals surface area contributed by atoms with Gasteiger partial charge in [0.15, 0.2) is 0 Å². The maximum absolute atomic E-state index is 12.8. The van der Waals surface area contributed by atoms with Gasteiger partial charge in [-0.1, -0.05) is 30.3 Å². The second kappa shape index (κ2) is 6.27. The van der Waals surface area contributed by atoms with Crippen LogP contribution in [-0.4, -0.2) is 17.2 Å². The minimum absolute atomic E-state index is 0.0999. The first-order valence-corrected chi connectivity index (χ1v) is 6.95. The molecule has 3 aromatic carbocycles. The Labute approximate surface area is 131 Å². The number of aromatic hydroxyl groups is 1. The Kier molecular flexibility index (Phi) is 4.01. The fourth-order valence-corrected chi connectivity index (χ4v) is 2.20. The van der Waals surface area contributed by atoms with Crippen LogP contribution in [0.25, 0.3) is 10.8 Å². The van der Waals surface area contributed by atoms with Crippen LogP contribution in [0, 0.1) is 5.82 Å². The Bertz CT molecular complexity index is 889. The highest BCUT2D eigenvalue weighted by atomic mass is 19.1. The summed E-state index contributed by atoms with van der Waals surface area (Å²) >= 11 is 0. The van der Waals surface area contributed by atoms with Crippen molar-refractivity contribution in [3.05, 3.63) is 77.6 Å². The number of phenols is 1. The van der Waals surface area contributed by atoms with Gasteiger partial charge in [0, 0.05) is 16.5 Å². The summed E-state index contributed by atoms with van der Waals surface area (Å²) in [5, 5.41) is 15.7. The molecule has 0 radical (unpaired) electrons. The number of hydrogen-bond donors (Lipinski definition) is 2. The van der Waals surface area contributed by atoms with Crippen molar-refractivity contribution in [3.63, 3.8) is 0 Å². The van der Waals surface area contributed by atoms with E-state index in [1.54, 1.807) is 12.1 Å². The van der Waals surface area contributed by atoms with Gasteiger partial charge in [-0.3, -0.25) is 4.79 Å². The Hall–Kier alpha value is -3.21. The number of phenolic OH excluding ortho intramolecular Hbond substituents is 1. The predicted molar refractivity (Wildman–Crippen MR) is 87.1 cm³/mol. The van der Waals surface area contributed by atoms with Crippen molar-refractivity contribution in [2.24, 2.45) is 5.10 Å². The van der Waals surface area contributed by atoms with Crippen molar-refractivity contribution in [1.82, 2.24) is 5.43 Å². The van der Waals surface area contributed by atoms with E-state index < -0.39 is 11.7 Å². The van der Waals surface area contributed by atoms with Gasteiger partial charge >= 0.3 is 0 Å². The standard InChI is InChI=1S/C18H13FN2O2/c19-15-9-7-13(8-10-15)18(23)21-20-11-14-6-5-12-3-1-2-4-16(12)17(14)22/h1-11,22H,(H,21,23)/b20-11+. The predicted octanol–water partition coefficient (Wildman–Crippen LogP) is 3.45. The van der Waals surface area contributed by atoms with Gasteiger partial charge in [0.25, 0.3) is 5.91 Å². The lowest BCUT2D eigenvalue weighted by Crippen LogP contribution is -2.17. The summed E-state index contributed by atoms with van der Waals surface area (Å²) < 4.78 is 12.8. The Balaban J connectivity index is 1.76. The number of hydrogen-bond acceptors (Lipinski definition) is 3. The third-order valence-electron chi connectivity index (χ3n) is 3.41. The smallest absolute Gasteiger partial charge is 0.271 e. The molecule has 0 aliphatic heterocycles. The second-order valence-electron chi connectivity index (χ2n) is 4.93.